The van der Waals surface area contributed by atoms with E-state index in [9.17, 15) is 0 Å². The van der Waals surface area contributed by atoms with Crippen molar-refractivity contribution in [1.82, 2.24) is 9.72 Å². The summed E-state index contributed by atoms with van der Waals surface area (Å²) in [5.74, 6) is 0. The Labute approximate surface area is 107 Å². The van der Waals surface area contributed by atoms with Gasteiger partial charge in [0.1, 0.15) is 12.0 Å². The monoisotopic (exact) mass is 245 g/mol. The van der Waals surface area contributed by atoms with Crippen molar-refractivity contribution in [3.63, 3.8) is 0 Å². The highest BCUT2D eigenvalue weighted by atomic mass is 16.5. The molecule has 1 aliphatic carbocycles. The highest BCUT2D eigenvalue weighted by Crippen LogP contribution is 2.41. The van der Waals surface area contributed by atoms with Crippen molar-refractivity contribution in [3.8, 4) is 5.69 Å². The molecule has 4 nitrogen and oxygen atoms in total. The second kappa shape index (κ2) is 3.72. The fraction of sp³-hybridized carbons (Fsp3) is 0.500. The van der Waals surface area contributed by atoms with E-state index in [1.54, 1.807) is 12.5 Å². The van der Waals surface area contributed by atoms with Crippen molar-refractivity contribution in [2.75, 3.05) is 0 Å². The topological polar surface area (TPSA) is 57.0 Å². The summed E-state index contributed by atoms with van der Waals surface area (Å²) >= 11 is 0. The van der Waals surface area contributed by atoms with Crippen LogP contribution in [0.4, 0.5) is 0 Å². The summed E-state index contributed by atoms with van der Waals surface area (Å²) in [5, 5.41) is 3.80. The molecule has 3 rings (SSSR count). The van der Waals surface area contributed by atoms with Gasteiger partial charge in [0.2, 0.25) is 0 Å². The maximum Gasteiger partial charge on any atom is 0.147 e. The van der Waals surface area contributed by atoms with Crippen LogP contribution in [-0.2, 0) is 6.42 Å². The molecule has 0 spiro atoms. The number of aryl methyl sites for hydroxylation is 1. The molecule has 0 saturated carbocycles. The van der Waals surface area contributed by atoms with Crippen molar-refractivity contribution >= 4 is 0 Å². The van der Waals surface area contributed by atoms with Gasteiger partial charge in [-0.05, 0) is 36.8 Å². The lowest BCUT2D eigenvalue weighted by atomic mass is 9.74. The van der Waals surface area contributed by atoms with Crippen LogP contribution in [0.1, 0.15) is 43.3 Å². The molecule has 1 aliphatic rings. The molecule has 1 unspecified atom stereocenters. The lowest BCUT2D eigenvalue weighted by molar-refractivity contribution is 0.278. The minimum Gasteiger partial charge on any atom is -0.362 e. The maximum absolute atomic E-state index is 6.31. The average Bonchev–Trinajstić information content (AvgIpc) is 2.83. The number of hydrogen-bond acceptors (Lipinski definition) is 3. The SMILES string of the molecule is Cc1cc2c(n1-c1cnoc1)CC(C)(C)CC2N. The molecule has 0 amide bonds. The van der Waals surface area contributed by atoms with Crippen molar-refractivity contribution in [2.24, 2.45) is 11.1 Å². The first-order valence-corrected chi connectivity index (χ1v) is 6.34. The molecule has 2 aromatic rings. The van der Waals surface area contributed by atoms with Crippen molar-refractivity contribution in [2.45, 2.75) is 39.7 Å². The van der Waals surface area contributed by atoms with E-state index in [0.717, 1.165) is 18.5 Å². The van der Waals surface area contributed by atoms with Crippen LogP contribution in [0.3, 0.4) is 0 Å². The van der Waals surface area contributed by atoms with Gasteiger partial charge in [0, 0.05) is 17.4 Å². The van der Waals surface area contributed by atoms with Gasteiger partial charge in [0.15, 0.2) is 0 Å². The van der Waals surface area contributed by atoms with Crippen LogP contribution in [-0.4, -0.2) is 9.72 Å². The van der Waals surface area contributed by atoms with Crippen LogP contribution in [0, 0.1) is 12.3 Å². The Morgan fingerprint density at radius 1 is 1.50 bits per heavy atom. The Balaban J connectivity index is 2.18. The van der Waals surface area contributed by atoms with Gasteiger partial charge in [-0.2, -0.15) is 0 Å². The Morgan fingerprint density at radius 3 is 2.94 bits per heavy atom. The first-order valence-electron chi connectivity index (χ1n) is 6.34. The number of aromatic nitrogens is 2. The summed E-state index contributed by atoms with van der Waals surface area (Å²) in [5.41, 5.74) is 11.3. The van der Waals surface area contributed by atoms with E-state index in [2.05, 4.69) is 36.6 Å². The highest BCUT2D eigenvalue weighted by molar-refractivity contribution is 5.41. The molecule has 0 bridgehead atoms. The molecule has 2 N–H and O–H groups in total. The summed E-state index contributed by atoms with van der Waals surface area (Å²) < 4.78 is 7.18. The van der Waals surface area contributed by atoms with Crippen LogP contribution >= 0.6 is 0 Å². The van der Waals surface area contributed by atoms with Gasteiger partial charge in [0.25, 0.3) is 0 Å². The molecule has 2 heterocycles. The Bertz CT molecular complexity index is 566. The van der Waals surface area contributed by atoms with Gasteiger partial charge in [-0.1, -0.05) is 19.0 Å². The first-order chi connectivity index (χ1) is 8.48. The lowest BCUT2D eigenvalue weighted by Crippen LogP contribution is -2.30. The molecular weight excluding hydrogens is 226 g/mol. The van der Waals surface area contributed by atoms with Gasteiger partial charge < -0.3 is 14.8 Å². The molecule has 18 heavy (non-hydrogen) atoms. The van der Waals surface area contributed by atoms with Gasteiger partial charge in [-0.25, -0.2) is 0 Å². The fourth-order valence-corrected chi connectivity index (χ4v) is 3.12. The van der Waals surface area contributed by atoms with Crippen LogP contribution < -0.4 is 5.73 Å². The molecule has 0 fully saturated rings. The number of nitrogens with two attached hydrogens (primary N) is 1. The highest BCUT2D eigenvalue weighted by Gasteiger charge is 2.33. The van der Waals surface area contributed by atoms with E-state index in [0.29, 0.717) is 0 Å². The largest absolute Gasteiger partial charge is 0.362 e. The number of fused-ring (bicyclic) bond motifs is 1. The fourth-order valence-electron chi connectivity index (χ4n) is 3.12. The predicted molar refractivity (Wildman–Crippen MR) is 69.6 cm³/mol. The van der Waals surface area contributed by atoms with Gasteiger partial charge in [-0.15, -0.1) is 0 Å². The Hall–Kier alpha value is -1.55. The molecule has 0 aliphatic heterocycles. The summed E-state index contributed by atoms with van der Waals surface area (Å²) in [6, 6.07) is 2.32. The van der Waals surface area contributed by atoms with E-state index >= 15 is 0 Å². The summed E-state index contributed by atoms with van der Waals surface area (Å²) in [4.78, 5) is 0. The van der Waals surface area contributed by atoms with Crippen LogP contribution in [0.5, 0.6) is 0 Å². The molecule has 0 aromatic carbocycles. The van der Waals surface area contributed by atoms with Crippen molar-refractivity contribution in [3.05, 3.63) is 35.5 Å². The normalized spacial score (nSPS) is 21.9. The smallest absolute Gasteiger partial charge is 0.147 e. The predicted octanol–water partition coefficient (Wildman–Crippen LogP) is 2.75. The maximum atomic E-state index is 6.31. The van der Waals surface area contributed by atoms with Gasteiger partial charge >= 0.3 is 0 Å². The summed E-state index contributed by atoms with van der Waals surface area (Å²) in [6.45, 7) is 6.65. The van der Waals surface area contributed by atoms with E-state index < -0.39 is 0 Å². The first kappa shape index (κ1) is 11.5. The second-order valence-corrected chi connectivity index (χ2v) is 6.06. The van der Waals surface area contributed by atoms with Crippen molar-refractivity contribution < 1.29 is 4.52 Å². The Morgan fingerprint density at radius 2 is 2.28 bits per heavy atom. The summed E-state index contributed by atoms with van der Waals surface area (Å²) in [6.07, 6.45) is 5.50. The Kier molecular flexibility index (Phi) is 2.38. The lowest BCUT2D eigenvalue weighted by Gasteiger charge is -2.34. The van der Waals surface area contributed by atoms with E-state index in [-0.39, 0.29) is 11.5 Å². The van der Waals surface area contributed by atoms with Crippen LogP contribution in [0.15, 0.2) is 23.0 Å². The van der Waals surface area contributed by atoms with Crippen LogP contribution in [0.25, 0.3) is 5.69 Å². The third-order valence-corrected chi connectivity index (χ3v) is 3.82. The third-order valence-electron chi connectivity index (χ3n) is 3.82. The van der Waals surface area contributed by atoms with Gasteiger partial charge in [-0.3, -0.25) is 0 Å². The summed E-state index contributed by atoms with van der Waals surface area (Å²) in [7, 11) is 0. The minimum absolute atomic E-state index is 0.128. The zero-order valence-electron chi connectivity index (χ0n) is 11.1. The van der Waals surface area contributed by atoms with E-state index in [4.69, 9.17) is 10.3 Å². The second-order valence-electron chi connectivity index (χ2n) is 6.06. The molecule has 4 heteroatoms. The minimum atomic E-state index is 0.128. The molecule has 1 atom stereocenters. The van der Waals surface area contributed by atoms with E-state index in [1.165, 1.54) is 17.0 Å². The van der Waals surface area contributed by atoms with Gasteiger partial charge in [0.05, 0.1) is 6.20 Å². The molecule has 0 radical (unpaired) electrons. The van der Waals surface area contributed by atoms with E-state index in [1.807, 2.05) is 0 Å². The standard InChI is InChI=1S/C14H19N3O/c1-9-4-11-12(15)5-14(2,3)6-13(11)17(9)10-7-16-18-8-10/h4,7-8,12H,5-6,15H2,1-3H3. The zero-order chi connectivity index (χ0) is 12.9. The van der Waals surface area contributed by atoms with Crippen LogP contribution in [0.2, 0.25) is 0 Å². The van der Waals surface area contributed by atoms with Crippen molar-refractivity contribution in [1.29, 1.82) is 0 Å². The third kappa shape index (κ3) is 1.68. The number of hydrogen-bond donors (Lipinski definition) is 1. The molecule has 2 aromatic heterocycles. The number of rotatable bonds is 1. The quantitative estimate of drug-likeness (QED) is 0.840. The number of nitrogens with zero attached hydrogens (tertiary/aromatic N) is 2. The average molecular weight is 245 g/mol. The molecule has 0 saturated heterocycles. The molecular formula is C14H19N3O. The zero-order valence-corrected chi connectivity index (χ0v) is 11.1. The molecule has 96 valence electrons.